The van der Waals surface area contributed by atoms with Crippen molar-refractivity contribution in [2.45, 2.75) is 37.6 Å². The van der Waals surface area contributed by atoms with Crippen LogP contribution >= 0.6 is 0 Å². The van der Waals surface area contributed by atoms with Crippen LogP contribution in [0.1, 0.15) is 26.7 Å². The SMILES string of the molecule is CCNc1cc(S(=O)(=O)N(CC)C2CC2)ccc1[N+](=O)[O-]. The summed E-state index contributed by atoms with van der Waals surface area (Å²) in [5.74, 6) is 0. The molecule has 1 aromatic rings. The fourth-order valence-electron chi connectivity index (χ4n) is 2.29. The van der Waals surface area contributed by atoms with E-state index in [0.717, 1.165) is 12.8 Å². The Kier molecular flexibility index (Phi) is 4.48. The van der Waals surface area contributed by atoms with Crippen LogP contribution in [0.25, 0.3) is 0 Å². The lowest BCUT2D eigenvalue weighted by atomic mass is 10.2. The van der Waals surface area contributed by atoms with Crippen molar-refractivity contribution in [3.63, 3.8) is 0 Å². The molecule has 7 nitrogen and oxygen atoms in total. The van der Waals surface area contributed by atoms with Gasteiger partial charge in [0.15, 0.2) is 0 Å². The molecule has 0 bridgehead atoms. The first-order chi connectivity index (χ1) is 9.91. The molecule has 0 amide bonds. The fourth-order valence-corrected chi connectivity index (χ4v) is 4.01. The second-order valence-electron chi connectivity index (χ2n) is 4.91. The van der Waals surface area contributed by atoms with Crippen LogP contribution in [0, 0.1) is 10.1 Å². The lowest BCUT2D eigenvalue weighted by molar-refractivity contribution is -0.384. The highest BCUT2D eigenvalue weighted by Crippen LogP contribution is 2.34. The second kappa shape index (κ2) is 5.98. The zero-order chi connectivity index (χ0) is 15.6. The van der Waals surface area contributed by atoms with E-state index >= 15 is 0 Å². The van der Waals surface area contributed by atoms with Gasteiger partial charge < -0.3 is 5.32 Å². The van der Waals surface area contributed by atoms with Gasteiger partial charge >= 0.3 is 0 Å². The second-order valence-corrected chi connectivity index (χ2v) is 6.80. The molecule has 0 aliphatic heterocycles. The normalized spacial score (nSPS) is 15.2. The number of anilines is 1. The average Bonchev–Trinajstić information content (AvgIpc) is 3.24. The molecule has 1 N–H and O–H groups in total. The first-order valence-corrected chi connectivity index (χ1v) is 8.40. The fraction of sp³-hybridized carbons (Fsp3) is 0.538. The van der Waals surface area contributed by atoms with E-state index in [1.165, 1.54) is 22.5 Å². The van der Waals surface area contributed by atoms with Gasteiger partial charge in [-0.3, -0.25) is 10.1 Å². The number of benzene rings is 1. The number of rotatable bonds is 7. The van der Waals surface area contributed by atoms with Gasteiger partial charge in [-0.2, -0.15) is 4.31 Å². The third-order valence-electron chi connectivity index (χ3n) is 3.40. The number of nitro benzene ring substituents is 1. The summed E-state index contributed by atoms with van der Waals surface area (Å²) in [4.78, 5) is 10.5. The molecule has 0 aromatic heterocycles. The van der Waals surface area contributed by atoms with Gasteiger partial charge in [-0.15, -0.1) is 0 Å². The van der Waals surface area contributed by atoms with Crippen LogP contribution in [0.4, 0.5) is 11.4 Å². The molecule has 0 saturated heterocycles. The molecule has 0 unspecified atom stereocenters. The van der Waals surface area contributed by atoms with E-state index in [-0.39, 0.29) is 22.3 Å². The van der Waals surface area contributed by atoms with E-state index in [0.29, 0.717) is 13.1 Å². The number of nitro groups is 1. The molecular formula is C13H19N3O4S. The molecule has 1 saturated carbocycles. The minimum Gasteiger partial charge on any atom is -0.380 e. The number of nitrogens with zero attached hydrogens (tertiary/aromatic N) is 2. The minimum absolute atomic E-state index is 0.0674. The van der Waals surface area contributed by atoms with Gasteiger partial charge in [0.25, 0.3) is 5.69 Å². The van der Waals surface area contributed by atoms with Crippen molar-refractivity contribution in [3.8, 4) is 0 Å². The van der Waals surface area contributed by atoms with E-state index in [4.69, 9.17) is 0 Å². The van der Waals surface area contributed by atoms with Crippen molar-refractivity contribution >= 4 is 21.4 Å². The Bertz CT molecular complexity index is 641. The van der Waals surface area contributed by atoms with Gasteiger partial charge in [-0.05, 0) is 31.9 Å². The lowest BCUT2D eigenvalue weighted by Crippen LogP contribution is -2.32. The summed E-state index contributed by atoms with van der Waals surface area (Å²) < 4.78 is 26.7. The predicted octanol–water partition coefficient (Wildman–Crippen LogP) is 2.20. The molecule has 8 heteroatoms. The monoisotopic (exact) mass is 313 g/mol. The standard InChI is InChI=1S/C13H19N3O4S/c1-3-14-12-9-11(7-8-13(12)16(17)18)21(19,20)15(4-2)10-5-6-10/h7-10,14H,3-6H2,1-2H3. The third kappa shape index (κ3) is 3.16. The molecule has 1 aliphatic carbocycles. The van der Waals surface area contributed by atoms with Crippen molar-refractivity contribution in [1.29, 1.82) is 0 Å². The Morgan fingerprint density at radius 2 is 2.05 bits per heavy atom. The zero-order valence-corrected chi connectivity index (χ0v) is 12.9. The maximum absolute atomic E-state index is 12.6. The summed E-state index contributed by atoms with van der Waals surface area (Å²) >= 11 is 0. The summed E-state index contributed by atoms with van der Waals surface area (Å²) in [6.45, 7) is 4.48. The largest absolute Gasteiger partial charge is 0.380 e. The minimum atomic E-state index is -3.60. The van der Waals surface area contributed by atoms with E-state index in [2.05, 4.69) is 5.32 Å². The Morgan fingerprint density at radius 1 is 1.38 bits per heavy atom. The Balaban J connectivity index is 2.43. The molecule has 0 spiro atoms. The molecule has 1 fully saturated rings. The van der Waals surface area contributed by atoms with Crippen LogP contribution in [0.5, 0.6) is 0 Å². The van der Waals surface area contributed by atoms with Crippen LogP contribution in [0.2, 0.25) is 0 Å². The molecule has 2 rings (SSSR count). The lowest BCUT2D eigenvalue weighted by Gasteiger charge is -2.20. The van der Waals surface area contributed by atoms with Crippen molar-refractivity contribution in [1.82, 2.24) is 4.31 Å². The van der Waals surface area contributed by atoms with Gasteiger partial charge in [0.05, 0.1) is 9.82 Å². The van der Waals surface area contributed by atoms with Gasteiger partial charge in [0, 0.05) is 25.2 Å². The molecule has 0 atom stereocenters. The first-order valence-electron chi connectivity index (χ1n) is 6.96. The van der Waals surface area contributed by atoms with Gasteiger partial charge in [-0.1, -0.05) is 6.92 Å². The van der Waals surface area contributed by atoms with E-state index in [1.54, 1.807) is 13.8 Å². The molecule has 1 aromatic carbocycles. The Morgan fingerprint density at radius 3 is 2.52 bits per heavy atom. The predicted molar refractivity (Wildman–Crippen MR) is 79.8 cm³/mol. The summed E-state index contributed by atoms with van der Waals surface area (Å²) in [6.07, 6.45) is 1.75. The summed E-state index contributed by atoms with van der Waals surface area (Å²) in [6, 6.07) is 3.96. The highest BCUT2D eigenvalue weighted by Gasteiger charge is 2.37. The Hall–Kier alpha value is -1.67. The van der Waals surface area contributed by atoms with Crippen LogP contribution < -0.4 is 5.32 Å². The van der Waals surface area contributed by atoms with E-state index in [1.807, 2.05) is 0 Å². The van der Waals surface area contributed by atoms with Crippen LogP contribution in [-0.2, 0) is 10.0 Å². The molecular weight excluding hydrogens is 294 g/mol. The van der Waals surface area contributed by atoms with Gasteiger partial charge in [-0.25, -0.2) is 8.42 Å². The van der Waals surface area contributed by atoms with Crippen LogP contribution in [-0.4, -0.2) is 36.8 Å². The highest BCUT2D eigenvalue weighted by molar-refractivity contribution is 7.89. The number of sulfonamides is 1. The topological polar surface area (TPSA) is 92.6 Å². The maximum Gasteiger partial charge on any atom is 0.292 e. The van der Waals surface area contributed by atoms with Crippen molar-refractivity contribution in [2.24, 2.45) is 0 Å². The number of hydrogen-bond acceptors (Lipinski definition) is 5. The molecule has 0 radical (unpaired) electrons. The summed E-state index contributed by atoms with van der Waals surface area (Å²) in [5, 5.41) is 13.8. The summed E-state index contributed by atoms with van der Waals surface area (Å²) in [5.41, 5.74) is 0.112. The molecule has 1 aliphatic rings. The van der Waals surface area contributed by atoms with Gasteiger partial charge in [0.1, 0.15) is 5.69 Å². The van der Waals surface area contributed by atoms with Crippen LogP contribution in [0.15, 0.2) is 23.1 Å². The van der Waals surface area contributed by atoms with Crippen molar-refractivity contribution < 1.29 is 13.3 Å². The smallest absolute Gasteiger partial charge is 0.292 e. The highest BCUT2D eigenvalue weighted by atomic mass is 32.2. The Labute approximate surface area is 124 Å². The first kappa shape index (κ1) is 15.7. The quantitative estimate of drug-likeness (QED) is 0.615. The number of nitrogens with one attached hydrogen (secondary N) is 1. The zero-order valence-electron chi connectivity index (χ0n) is 12.1. The van der Waals surface area contributed by atoms with Crippen LogP contribution in [0.3, 0.4) is 0 Å². The molecule has 0 heterocycles. The number of hydrogen-bond donors (Lipinski definition) is 1. The van der Waals surface area contributed by atoms with E-state index < -0.39 is 14.9 Å². The molecule has 21 heavy (non-hydrogen) atoms. The third-order valence-corrected chi connectivity index (χ3v) is 5.43. The average molecular weight is 313 g/mol. The molecule has 116 valence electrons. The van der Waals surface area contributed by atoms with Gasteiger partial charge in [0.2, 0.25) is 10.0 Å². The maximum atomic E-state index is 12.6. The van der Waals surface area contributed by atoms with E-state index in [9.17, 15) is 18.5 Å². The van der Waals surface area contributed by atoms with Crippen molar-refractivity contribution in [2.75, 3.05) is 18.4 Å². The van der Waals surface area contributed by atoms with Crippen molar-refractivity contribution in [3.05, 3.63) is 28.3 Å². The summed E-state index contributed by atoms with van der Waals surface area (Å²) in [7, 11) is -3.60.